The third kappa shape index (κ3) is 5.58. The number of carbonyl (C=O) groups excluding carboxylic acids is 3. The zero-order valence-corrected chi connectivity index (χ0v) is 27.3. The number of esters is 1. The van der Waals surface area contributed by atoms with Crippen molar-refractivity contribution < 1.29 is 48.0 Å². The first-order valence-electron chi connectivity index (χ1n) is 16.3. The third-order valence-electron chi connectivity index (χ3n) is 9.70. The van der Waals surface area contributed by atoms with Gasteiger partial charge in [0.05, 0.1) is 44.6 Å². The summed E-state index contributed by atoms with van der Waals surface area (Å²) in [5, 5.41) is 9.25. The summed E-state index contributed by atoms with van der Waals surface area (Å²) in [6.45, 7) is 0. The fourth-order valence-corrected chi connectivity index (χ4v) is 7.44. The number of methoxy groups -OCH3 is 2. The van der Waals surface area contributed by atoms with Crippen molar-refractivity contribution in [2.75, 3.05) is 19.1 Å². The molecule has 3 heterocycles. The number of benzene rings is 4. The molecule has 0 radical (unpaired) electrons. The molecule has 11 heteroatoms. The molecule has 7 rings (SSSR count). The van der Waals surface area contributed by atoms with Gasteiger partial charge in [-0.2, -0.15) is 0 Å². The second kappa shape index (κ2) is 13.4. The second-order valence-electron chi connectivity index (χ2n) is 12.4. The van der Waals surface area contributed by atoms with Crippen molar-refractivity contribution in [2.24, 2.45) is 11.8 Å². The number of anilines is 1. The SMILES string of the molecule is COc1ccc(C(O[C@H]2[C@@H](OC(=O)CCC(=O)O)[C@H]3O[C@@H]2C2C(=O)N(c4ccccc4)C(=O)C23)(c2ccccc2)c2ccc(OC)cc2)cc1. The van der Waals surface area contributed by atoms with Crippen LogP contribution in [0, 0.1) is 11.8 Å². The van der Waals surface area contributed by atoms with Crippen molar-refractivity contribution >= 4 is 29.4 Å². The van der Waals surface area contributed by atoms with E-state index in [4.69, 9.17) is 23.7 Å². The minimum atomic E-state index is -1.37. The van der Waals surface area contributed by atoms with Gasteiger partial charge in [0.25, 0.3) is 0 Å². The number of imide groups is 1. The van der Waals surface area contributed by atoms with Gasteiger partial charge in [0, 0.05) is 0 Å². The van der Waals surface area contributed by atoms with Crippen molar-refractivity contribution in [1.82, 2.24) is 0 Å². The van der Waals surface area contributed by atoms with Crippen LogP contribution in [-0.2, 0) is 39.0 Å². The summed E-state index contributed by atoms with van der Waals surface area (Å²) in [5.74, 6) is -3.42. The van der Waals surface area contributed by atoms with Crippen LogP contribution in [0.2, 0.25) is 0 Å². The van der Waals surface area contributed by atoms with Crippen molar-refractivity contribution in [1.29, 1.82) is 0 Å². The normalized spacial score (nSPS) is 23.8. The largest absolute Gasteiger partial charge is 0.497 e. The van der Waals surface area contributed by atoms with Crippen molar-refractivity contribution in [3.63, 3.8) is 0 Å². The minimum absolute atomic E-state index is 0.395. The number of nitrogens with zero attached hydrogens (tertiary/aromatic N) is 1. The Morgan fingerprint density at radius 3 is 1.66 bits per heavy atom. The van der Waals surface area contributed by atoms with Gasteiger partial charge in [-0.1, -0.05) is 72.8 Å². The number of hydrogen-bond acceptors (Lipinski definition) is 9. The summed E-state index contributed by atoms with van der Waals surface area (Å²) in [5.41, 5.74) is 1.18. The number of rotatable bonds is 12. The number of carboxylic acids is 1. The quantitative estimate of drug-likeness (QED) is 0.127. The van der Waals surface area contributed by atoms with E-state index >= 15 is 0 Å². The van der Waals surface area contributed by atoms with Gasteiger partial charge >= 0.3 is 11.9 Å². The first kappa shape index (κ1) is 33.0. The highest BCUT2D eigenvalue weighted by atomic mass is 16.6. The van der Waals surface area contributed by atoms with E-state index in [2.05, 4.69) is 0 Å². The van der Waals surface area contributed by atoms with Crippen molar-refractivity contribution in [3.05, 3.63) is 126 Å². The van der Waals surface area contributed by atoms with Crippen molar-refractivity contribution in [2.45, 2.75) is 42.9 Å². The van der Waals surface area contributed by atoms with Gasteiger partial charge in [-0.25, -0.2) is 4.90 Å². The highest BCUT2D eigenvalue weighted by Crippen LogP contribution is 2.54. The summed E-state index contributed by atoms with van der Waals surface area (Å²) in [6, 6.07) is 32.9. The standard InChI is InChI=1S/C39H35NO10/c1-46-27-17-13-24(14-18-27)39(23-9-5-3-6-10-23,25-15-19-28(47-2)20-16-25)50-36-34-32-31(33(49-34)35(36)48-30(43)22-21-29(41)42)37(44)40(38(32)45)26-11-7-4-8-12-26/h3-20,31-36H,21-22H2,1-2H3,(H,41,42)/t31?,32?,33-,34+,35-,36+/m0/s1. The van der Waals surface area contributed by atoms with Crippen LogP contribution in [0.15, 0.2) is 109 Å². The van der Waals surface area contributed by atoms with Crippen LogP contribution in [-0.4, -0.2) is 67.5 Å². The van der Waals surface area contributed by atoms with E-state index in [9.17, 15) is 24.3 Å². The van der Waals surface area contributed by atoms with Crippen LogP contribution >= 0.6 is 0 Å². The predicted octanol–water partition coefficient (Wildman–Crippen LogP) is 4.74. The number of hydrogen-bond donors (Lipinski definition) is 1. The molecule has 50 heavy (non-hydrogen) atoms. The lowest BCUT2D eigenvalue weighted by Gasteiger charge is -2.42. The smallest absolute Gasteiger partial charge is 0.306 e. The van der Waals surface area contributed by atoms with Gasteiger partial charge in [0.15, 0.2) is 6.10 Å². The molecule has 2 bridgehead atoms. The summed E-state index contributed by atoms with van der Waals surface area (Å²) in [6.07, 6.45) is -5.04. The zero-order valence-electron chi connectivity index (χ0n) is 27.3. The molecule has 11 nitrogen and oxygen atoms in total. The lowest BCUT2D eigenvalue weighted by molar-refractivity contribution is -0.172. The number of carbonyl (C=O) groups is 4. The molecule has 6 atom stereocenters. The Morgan fingerprint density at radius 1 is 0.680 bits per heavy atom. The number of aliphatic carboxylic acids is 1. The van der Waals surface area contributed by atoms with Gasteiger partial charge in [0.2, 0.25) is 11.8 Å². The molecule has 0 aromatic heterocycles. The zero-order chi connectivity index (χ0) is 35.0. The molecule has 3 aliphatic rings. The highest BCUT2D eigenvalue weighted by molar-refractivity contribution is 6.23. The summed E-state index contributed by atoms with van der Waals surface area (Å²) < 4.78 is 30.7. The minimum Gasteiger partial charge on any atom is -0.497 e. The maximum Gasteiger partial charge on any atom is 0.306 e. The van der Waals surface area contributed by atoms with E-state index < -0.39 is 78.4 Å². The Balaban J connectivity index is 1.37. The lowest BCUT2D eigenvalue weighted by Crippen LogP contribution is -2.54. The number of fused-ring (bicyclic) bond motifs is 5. The van der Waals surface area contributed by atoms with E-state index in [-0.39, 0.29) is 0 Å². The molecule has 2 amide bonds. The van der Waals surface area contributed by atoms with Gasteiger partial charge in [-0.3, -0.25) is 19.2 Å². The molecule has 0 spiro atoms. The van der Waals surface area contributed by atoms with Gasteiger partial charge in [0.1, 0.15) is 35.4 Å². The summed E-state index contributed by atoms with van der Waals surface area (Å²) >= 11 is 0. The number of amides is 2. The second-order valence-corrected chi connectivity index (χ2v) is 12.4. The average Bonchev–Trinajstić information content (AvgIpc) is 3.78. The molecule has 4 aromatic rings. The average molecular weight is 678 g/mol. The summed E-state index contributed by atoms with van der Waals surface area (Å²) in [7, 11) is 3.15. The van der Waals surface area contributed by atoms with Crippen molar-refractivity contribution in [3.8, 4) is 11.5 Å². The Labute approximate surface area is 288 Å². The Bertz CT molecular complexity index is 1830. The Hall–Kier alpha value is -5.52. The molecule has 3 aliphatic heterocycles. The molecule has 3 fully saturated rings. The molecular formula is C39H35NO10. The molecule has 4 aromatic carbocycles. The monoisotopic (exact) mass is 677 g/mol. The number of ether oxygens (including phenoxy) is 5. The first-order valence-corrected chi connectivity index (χ1v) is 16.3. The third-order valence-corrected chi connectivity index (χ3v) is 9.70. The van der Waals surface area contributed by atoms with E-state index in [0.717, 1.165) is 5.56 Å². The molecule has 0 aliphatic carbocycles. The van der Waals surface area contributed by atoms with E-state index in [1.807, 2.05) is 78.9 Å². The van der Waals surface area contributed by atoms with Gasteiger partial charge < -0.3 is 28.8 Å². The number of para-hydroxylation sites is 1. The lowest BCUT2D eigenvalue weighted by atomic mass is 9.76. The van der Waals surface area contributed by atoms with Crippen LogP contribution in [0.4, 0.5) is 5.69 Å². The molecule has 1 N–H and O–H groups in total. The maximum atomic E-state index is 14.1. The molecule has 256 valence electrons. The Kier molecular flexibility index (Phi) is 8.85. The van der Waals surface area contributed by atoms with Crippen LogP contribution < -0.4 is 14.4 Å². The predicted molar refractivity (Wildman–Crippen MR) is 179 cm³/mol. The maximum absolute atomic E-state index is 14.1. The first-order chi connectivity index (χ1) is 24.3. The van der Waals surface area contributed by atoms with Crippen LogP contribution in [0.25, 0.3) is 0 Å². The molecule has 2 unspecified atom stereocenters. The number of carboxylic acid groups (broad SMARTS) is 1. The summed E-state index contributed by atoms with van der Waals surface area (Å²) in [4.78, 5) is 53.7. The van der Waals surface area contributed by atoms with Gasteiger partial charge in [-0.15, -0.1) is 0 Å². The molecular weight excluding hydrogens is 642 g/mol. The van der Waals surface area contributed by atoms with Gasteiger partial charge in [-0.05, 0) is 53.1 Å². The van der Waals surface area contributed by atoms with E-state index in [1.165, 1.54) is 4.90 Å². The van der Waals surface area contributed by atoms with E-state index in [0.29, 0.717) is 28.3 Å². The highest BCUT2D eigenvalue weighted by Gasteiger charge is 2.71. The topological polar surface area (TPSA) is 138 Å². The fraction of sp³-hybridized carbons (Fsp3) is 0.282. The molecule has 0 saturated carbocycles. The van der Waals surface area contributed by atoms with Crippen LogP contribution in [0.1, 0.15) is 29.5 Å². The van der Waals surface area contributed by atoms with Crippen LogP contribution in [0.3, 0.4) is 0 Å². The Morgan fingerprint density at radius 2 is 1.16 bits per heavy atom. The molecule has 3 saturated heterocycles. The van der Waals surface area contributed by atoms with Crippen LogP contribution in [0.5, 0.6) is 11.5 Å². The fourth-order valence-electron chi connectivity index (χ4n) is 7.44. The van der Waals surface area contributed by atoms with E-state index in [1.54, 1.807) is 44.6 Å².